The van der Waals surface area contributed by atoms with Crippen molar-refractivity contribution >= 4 is 41.3 Å². The van der Waals surface area contributed by atoms with Gasteiger partial charge in [-0.1, -0.05) is 0 Å². The SMILES string of the molecule is O=S(=O)(Cl)c1csc2ncccc12. The summed E-state index contributed by atoms with van der Waals surface area (Å²) in [6, 6.07) is 3.37. The molecule has 0 radical (unpaired) electrons. The van der Waals surface area contributed by atoms with Gasteiger partial charge in [0.05, 0.1) is 0 Å². The van der Waals surface area contributed by atoms with E-state index in [1.807, 2.05) is 0 Å². The highest BCUT2D eigenvalue weighted by Gasteiger charge is 2.15. The molecule has 0 aliphatic carbocycles. The summed E-state index contributed by atoms with van der Waals surface area (Å²) in [5, 5.41) is 2.09. The fourth-order valence-electron chi connectivity index (χ4n) is 1.03. The van der Waals surface area contributed by atoms with Gasteiger partial charge in [-0.05, 0) is 12.1 Å². The van der Waals surface area contributed by atoms with Crippen molar-refractivity contribution < 1.29 is 8.42 Å². The van der Waals surface area contributed by atoms with Crippen LogP contribution in [0.25, 0.3) is 10.2 Å². The maximum Gasteiger partial charge on any atom is 0.262 e. The first kappa shape index (κ1) is 8.93. The molecule has 2 heterocycles. The number of pyridine rings is 1. The van der Waals surface area contributed by atoms with Gasteiger partial charge in [0.15, 0.2) is 0 Å². The summed E-state index contributed by atoms with van der Waals surface area (Å²) in [5.41, 5.74) is 0. The van der Waals surface area contributed by atoms with E-state index < -0.39 is 9.05 Å². The Morgan fingerprint density at radius 1 is 1.46 bits per heavy atom. The third kappa shape index (κ3) is 1.54. The Kier molecular flexibility index (Phi) is 2.02. The zero-order valence-corrected chi connectivity index (χ0v) is 8.66. The smallest absolute Gasteiger partial charge is 0.245 e. The number of fused-ring (bicyclic) bond motifs is 1. The molecule has 0 spiro atoms. The molecule has 2 aromatic heterocycles. The molecule has 0 unspecified atom stereocenters. The van der Waals surface area contributed by atoms with Crippen LogP contribution in [0.3, 0.4) is 0 Å². The van der Waals surface area contributed by atoms with E-state index in [1.165, 1.54) is 16.7 Å². The monoisotopic (exact) mass is 233 g/mol. The van der Waals surface area contributed by atoms with E-state index >= 15 is 0 Å². The fourth-order valence-corrected chi connectivity index (χ4v) is 3.48. The number of aromatic nitrogens is 1. The molecule has 3 nitrogen and oxygen atoms in total. The zero-order chi connectivity index (χ0) is 9.47. The van der Waals surface area contributed by atoms with Crippen LogP contribution in [-0.2, 0) is 9.05 Å². The minimum Gasteiger partial charge on any atom is -0.245 e. The van der Waals surface area contributed by atoms with Gasteiger partial charge >= 0.3 is 0 Å². The number of hydrogen-bond donors (Lipinski definition) is 0. The average Bonchev–Trinajstić information content (AvgIpc) is 2.45. The Morgan fingerprint density at radius 2 is 2.23 bits per heavy atom. The van der Waals surface area contributed by atoms with Gasteiger partial charge < -0.3 is 0 Å². The van der Waals surface area contributed by atoms with Crippen LogP contribution >= 0.6 is 22.0 Å². The van der Waals surface area contributed by atoms with Gasteiger partial charge in [-0.15, -0.1) is 11.3 Å². The second kappa shape index (κ2) is 2.94. The topological polar surface area (TPSA) is 47.0 Å². The largest absolute Gasteiger partial charge is 0.262 e. The standard InChI is InChI=1S/C7H4ClNO2S2/c8-13(10,11)6-4-12-7-5(6)2-1-3-9-7/h1-4H. The van der Waals surface area contributed by atoms with Gasteiger partial charge in [0.1, 0.15) is 9.73 Å². The van der Waals surface area contributed by atoms with Crippen molar-refractivity contribution in [2.24, 2.45) is 0 Å². The molecule has 0 atom stereocenters. The zero-order valence-electron chi connectivity index (χ0n) is 6.27. The van der Waals surface area contributed by atoms with Crippen molar-refractivity contribution in [2.75, 3.05) is 0 Å². The van der Waals surface area contributed by atoms with Crippen LogP contribution < -0.4 is 0 Å². The molecule has 2 aromatic rings. The van der Waals surface area contributed by atoms with Gasteiger partial charge in [0.2, 0.25) is 0 Å². The third-order valence-corrected chi connectivity index (χ3v) is 3.99. The summed E-state index contributed by atoms with van der Waals surface area (Å²) in [7, 11) is 1.59. The van der Waals surface area contributed by atoms with Crippen molar-refractivity contribution in [2.45, 2.75) is 4.90 Å². The van der Waals surface area contributed by atoms with E-state index in [2.05, 4.69) is 4.98 Å². The van der Waals surface area contributed by atoms with Gasteiger partial charge in [-0.25, -0.2) is 13.4 Å². The molecule has 13 heavy (non-hydrogen) atoms. The van der Waals surface area contributed by atoms with Gasteiger partial charge in [0.25, 0.3) is 9.05 Å². The molecule has 68 valence electrons. The Bertz CT molecular complexity index is 546. The molecule has 0 N–H and O–H groups in total. The first-order valence-electron chi connectivity index (χ1n) is 3.36. The Morgan fingerprint density at radius 3 is 2.92 bits per heavy atom. The number of halogens is 1. The lowest BCUT2D eigenvalue weighted by atomic mass is 10.3. The molecule has 0 aromatic carbocycles. The Labute approximate surface area is 83.4 Å². The number of nitrogens with zero attached hydrogens (tertiary/aromatic N) is 1. The Hall–Kier alpha value is -0.650. The van der Waals surface area contributed by atoms with Crippen molar-refractivity contribution in [1.82, 2.24) is 4.98 Å². The molecule has 0 aliphatic rings. The Balaban J connectivity index is 2.87. The van der Waals surface area contributed by atoms with E-state index in [4.69, 9.17) is 10.7 Å². The molecule has 0 saturated carbocycles. The maximum atomic E-state index is 11.1. The fraction of sp³-hybridized carbons (Fsp3) is 0. The summed E-state index contributed by atoms with van der Waals surface area (Å²) < 4.78 is 22.1. The lowest BCUT2D eigenvalue weighted by molar-refractivity contribution is 0.610. The van der Waals surface area contributed by atoms with Crippen molar-refractivity contribution in [3.8, 4) is 0 Å². The molecule has 6 heteroatoms. The number of thiophene rings is 1. The number of rotatable bonds is 1. The van der Waals surface area contributed by atoms with Crippen LogP contribution in [-0.4, -0.2) is 13.4 Å². The quantitative estimate of drug-likeness (QED) is 0.710. The van der Waals surface area contributed by atoms with E-state index in [0.717, 1.165) is 0 Å². The van der Waals surface area contributed by atoms with Crippen LogP contribution in [0.1, 0.15) is 0 Å². The van der Waals surface area contributed by atoms with Crippen molar-refractivity contribution in [1.29, 1.82) is 0 Å². The second-order valence-electron chi connectivity index (χ2n) is 2.39. The molecule has 0 bridgehead atoms. The first-order chi connectivity index (χ1) is 6.09. The minimum atomic E-state index is -3.64. The average molecular weight is 234 g/mol. The normalized spacial score (nSPS) is 12.1. The molecule has 0 fully saturated rings. The predicted molar refractivity (Wildman–Crippen MR) is 52.7 cm³/mol. The van der Waals surface area contributed by atoms with E-state index in [-0.39, 0.29) is 4.90 Å². The van der Waals surface area contributed by atoms with E-state index in [1.54, 1.807) is 18.3 Å². The molecule has 0 saturated heterocycles. The summed E-state index contributed by atoms with van der Waals surface area (Å²) in [5.74, 6) is 0. The molecular weight excluding hydrogens is 230 g/mol. The highest BCUT2D eigenvalue weighted by molar-refractivity contribution is 8.14. The highest BCUT2D eigenvalue weighted by Crippen LogP contribution is 2.29. The van der Waals surface area contributed by atoms with Gasteiger partial charge in [-0.3, -0.25) is 0 Å². The first-order valence-corrected chi connectivity index (χ1v) is 6.55. The van der Waals surface area contributed by atoms with E-state index in [0.29, 0.717) is 10.2 Å². The summed E-state index contributed by atoms with van der Waals surface area (Å²) in [6.07, 6.45) is 1.61. The minimum absolute atomic E-state index is 0.141. The molecular formula is C7H4ClNO2S2. The summed E-state index contributed by atoms with van der Waals surface area (Å²) in [6.45, 7) is 0. The number of hydrogen-bond acceptors (Lipinski definition) is 4. The van der Waals surface area contributed by atoms with Crippen LogP contribution in [0.5, 0.6) is 0 Å². The maximum absolute atomic E-state index is 11.1. The van der Waals surface area contributed by atoms with Crippen molar-refractivity contribution in [3.05, 3.63) is 23.7 Å². The van der Waals surface area contributed by atoms with Crippen molar-refractivity contribution in [3.63, 3.8) is 0 Å². The second-order valence-corrected chi connectivity index (χ2v) is 5.79. The van der Waals surface area contributed by atoms with Gasteiger partial charge in [-0.2, -0.15) is 0 Å². The highest BCUT2D eigenvalue weighted by atomic mass is 35.7. The van der Waals surface area contributed by atoms with Crippen LogP contribution in [0.15, 0.2) is 28.6 Å². The van der Waals surface area contributed by atoms with Crippen LogP contribution in [0.4, 0.5) is 0 Å². The predicted octanol–water partition coefficient (Wildman–Crippen LogP) is 2.22. The molecule has 2 rings (SSSR count). The molecule has 0 aliphatic heterocycles. The summed E-state index contributed by atoms with van der Waals surface area (Å²) >= 11 is 1.27. The van der Waals surface area contributed by atoms with Crippen LogP contribution in [0.2, 0.25) is 0 Å². The van der Waals surface area contributed by atoms with Crippen LogP contribution in [0, 0.1) is 0 Å². The molecule has 0 amide bonds. The lowest BCUT2D eigenvalue weighted by Crippen LogP contribution is -1.87. The lowest BCUT2D eigenvalue weighted by Gasteiger charge is -1.91. The van der Waals surface area contributed by atoms with E-state index in [9.17, 15) is 8.42 Å². The third-order valence-electron chi connectivity index (χ3n) is 1.58. The van der Waals surface area contributed by atoms with Gasteiger partial charge in [0, 0.05) is 27.6 Å². The summed E-state index contributed by atoms with van der Waals surface area (Å²) in [4.78, 5) is 4.83.